The Bertz CT molecular complexity index is 1580. The van der Waals surface area contributed by atoms with Gasteiger partial charge in [0.1, 0.15) is 35.1 Å². The van der Waals surface area contributed by atoms with Gasteiger partial charge in [0.15, 0.2) is 0 Å². The van der Waals surface area contributed by atoms with Crippen molar-refractivity contribution in [1.82, 2.24) is 19.6 Å². The summed E-state index contributed by atoms with van der Waals surface area (Å²) in [5.74, 6) is -0.671. The number of nitrogens with zero attached hydrogens (tertiary/aromatic N) is 3. The maximum Gasteiger partial charge on any atom is 0.410 e. The highest BCUT2D eigenvalue weighted by atomic mass is 32.2. The van der Waals surface area contributed by atoms with E-state index in [2.05, 4.69) is 33.9 Å². The third kappa shape index (κ3) is 10.3. The van der Waals surface area contributed by atoms with Crippen LogP contribution in [0.3, 0.4) is 0 Å². The van der Waals surface area contributed by atoms with Crippen LogP contribution in [-0.2, 0) is 28.1 Å². The van der Waals surface area contributed by atoms with Crippen LogP contribution < -0.4 is 14.8 Å². The summed E-state index contributed by atoms with van der Waals surface area (Å²) in [6.45, 7) is 16.9. The molecule has 4 rings (SSSR count). The summed E-state index contributed by atoms with van der Waals surface area (Å²) in [7, 11) is 0. The molecule has 1 aliphatic rings. The van der Waals surface area contributed by atoms with Gasteiger partial charge in [0.05, 0.1) is 11.6 Å². The minimum absolute atomic E-state index is 0.0432. The monoisotopic (exact) mass is 681 g/mol. The molecule has 0 radical (unpaired) electrons. The predicted molar refractivity (Wildman–Crippen MR) is 185 cm³/mol. The van der Waals surface area contributed by atoms with Gasteiger partial charge in [-0.15, -0.1) is 0 Å². The highest BCUT2D eigenvalue weighted by molar-refractivity contribution is 7.90. The summed E-state index contributed by atoms with van der Waals surface area (Å²) in [4.78, 5) is 36.0. The molecule has 2 unspecified atom stereocenters. The molecule has 1 aromatic carbocycles. The molecule has 3 heterocycles. The number of pyridine rings is 2. The van der Waals surface area contributed by atoms with Gasteiger partial charge in [-0.3, -0.25) is 4.79 Å². The Kier molecular flexibility index (Phi) is 11.6. The normalized spacial score (nSPS) is 16.7. The zero-order valence-corrected chi connectivity index (χ0v) is 30.0. The average Bonchev–Trinajstić information content (AvgIpc) is 3.31. The molecule has 1 fully saturated rings. The quantitative estimate of drug-likeness (QED) is 0.124. The molecule has 1 saturated heterocycles. The van der Waals surface area contributed by atoms with E-state index in [1.807, 2.05) is 76.8 Å². The van der Waals surface area contributed by atoms with Crippen LogP contribution in [0.15, 0.2) is 59.6 Å². The van der Waals surface area contributed by atoms with Crippen molar-refractivity contribution in [3.63, 3.8) is 0 Å². The van der Waals surface area contributed by atoms with Crippen molar-refractivity contribution in [2.75, 3.05) is 18.4 Å². The Morgan fingerprint density at radius 2 is 1.77 bits per heavy atom. The molecule has 260 valence electrons. The SMILES string of the molecule is CC(C)(C)OC(=O)N1CC(CCCNc2cc(OCc3ccccc3)cc([S+]([O-])NC(=O)c3ccc(C(C)(C)C)nc3F)n2)CC1(C)C. The van der Waals surface area contributed by atoms with E-state index in [0.717, 1.165) is 24.8 Å². The van der Waals surface area contributed by atoms with E-state index >= 15 is 0 Å². The van der Waals surface area contributed by atoms with Gasteiger partial charge in [-0.2, -0.15) is 14.1 Å². The van der Waals surface area contributed by atoms with Gasteiger partial charge < -0.3 is 24.2 Å². The fraction of sp³-hybridized carbons (Fsp3) is 0.500. The number of aromatic nitrogens is 2. The third-order valence-corrected chi connectivity index (χ3v) is 8.89. The van der Waals surface area contributed by atoms with Crippen LogP contribution in [0.2, 0.25) is 0 Å². The van der Waals surface area contributed by atoms with E-state index in [1.54, 1.807) is 12.1 Å². The van der Waals surface area contributed by atoms with E-state index in [4.69, 9.17) is 9.47 Å². The molecule has 48 heavy (non-hydrogen) atoms. The van der Waals surface area contributed by atoms with Gasteiger partial charge in [-0.1, -0.05) is 51.1 Å². The molecule has 3 aromatic rings. The summed E-state index contributed by atoms with van der Waals surface area (Å²) < 4.78 is 42.1. The van der Waals surface area contributed by atoms with E-state index in [9.17, 15) is 18.5 Å². The van der Waals surface area contributed by atoms with Gasteiger partial charge in [0.2, 0.25) is 5.95 Å². The zero-order valence-electron chi connectivity index (χ0n) is 29.2. The van der Waals surface area contributed by atoms with Crippen molar-refractivity contribution in [2.24, 2.45) is 5.92 Å². The number of likely N-dealkylation sites (tertiary alicyclic amines) is 1. The number of carbonyl (C=O) groups is 2. The summed E-state index contributed by atoms with van der Waals surface area (Å²) in [5, 5.41) is 3.33. The second-order valence-electron chi connectivity index (χ2n) is 14.8. The fourth-order valence-electron chi connectivity index (χ4n) is 5.53. The van der Waals surface area contributed by atoms with Gasteiger partial charge >= 0.3 is 6.09 Å². The molecule has 12 heteroatoms. The van der Waals surface area contributed by atoms with Gasteiger partial charge in [0, 0.05) is 35.8 Å². The molecular formula is C36H48FN5O5S. The van der Waals surface area contributed by atoms with E-state index in [-0.39, 0.29) is 28.8 Å². The average molecular weight is 682 g/mol. The Morgan fingerprint density at radius 3 is 2.42 bits per heavy atom. The number of ether oxygens (including phenoxy) is 2. The molecular weight excluding hydrogens is 633 g/mol. The third-order valence-electron chi connectivity index (χ3n) is 7.93. The standard InChI is InChI=1S/C36H48FN5O5S/c1-34(2,3)28-17-16-27(31(37)39-28)32(43)41-48(45)30-20-26(46-23-24-13-10-9-11-14-24)19-29(40-30)38-18-12-15-25-21-36(7,8)42(22-25)33(44)47-35(4,5)6/h9-11,13-14,16-17,19-20,25H,12,15,18,21-23H2,1-8H3,(H,38,40)(H,41,43). The van der Waals surface area contributed by atoms with Crippen LogP contribution >= 0.6 is 0 Å². The van der Waals surface area contributed by atoms with Gasteiger partial charge in [-0.25, -0.2) is 9.78 Å². The first-order chi connectivity index (χ1) is 22.4. The topological polar surface area (TPSA) is 129 Å². The smallest absolute Gasteiger partial charge is 0.410 e. The number of hydrogen-bond donors (Lipinski definition) is 2. The Labute approximate surface area is 286 Å². The molecule has 0 bridgehead atoms. The van der Waals surface area contributed by atoms with Crippen molar-refractivity contribution in [1.29, 1.82) is 0 Å². The van der Waals surface area contributed by atoms with Crippen molar-refractivity contribution in [3.8, 4) is 5.75 Å². The lowest BCUT2D eigenvalue weighted by molar-refractivity contribution is 0.0130. The molecule has 0 aliphatic carbocycles. The number of carbonyl (C=O) groups excluding carboxylic acids is 2. The van der Waals surface area contributed by atoms with Crippen LogP contribution in [0.4, 0.5) is 15.0 Å². The highest BCUT2D eigenvalue weighted by Gasteiger charge is 2.42. The minimum Gasteiger partial charge on any atom is -0.587 e. The van der Waals surface area contributed by atoms with Gasteiger partial charge in [-0.05, 0) is 77.5 Å². The second-order valence-corrected chi connectivity index (χ2v) is 16.0. The number of nitrogens with one attached hydrogen (secondary N) is 2. The largest absolute Gasteiger partial charge is 0.587 e. The Morgan fingerprint density at radius 1 is 1.06 bits per heavy atom. The highest BCUT2D eigenvalue weighted by Crippen LogP contribution is 2.36. The Hall–Kier alpha value is -3.90. The van der Waals surface area contributed by atoms with Crippen molar-refractivity contribution < 1.29 is 28.0 Å². The van der Waals surface area contributed by atoms with Crippen LogP contribution in [0.25, 0.3) is 0 Å². The first kappa shape index (κ1) is 36.9. The van der Waals surface area contributed by atoms with Crippen LogP contribution in [-0.4, -0.2) is 55.7 Å². The van der Waals surface area contributed by atoms with E-state index in [0.29, 0.717) is 36.3 Å². The lowest BCUT2D eigenvalue weighted by Gasteiger charge is -2.33. The first-order valence-electron chi connectivity index (χ1n) is 16.2. The van der Waals surface area contributed by atoms with Crippen molar-refractivity contribution in [2.45, 2.75) is 103 Å². The van der Waals surface area contributed by atoms with Crippen molar-refractivity contribution in [3.05, 3.63) is 77.4 Å². The number of rotatable bonds is 11. The predicted octanol–water partition coefficient (Wildman–Crippen LogP) is 7.17. The maximum absolute atomic E-state index is 14.8. The molecule has 2 amide bonds. The molecule has 2 atom stereocenters. The minimum atomic E-state index is -2.12. The van der Waals surface area contributed by atoms with Crippen LogP contribution in [0.1, 0.15) is 96.3 Å². The number of amides is 2. The maximum atomic E-state index is 14.8. The van der Waals surface area contributed by atoms with Crippen LogP contribution in [0.5, 0.6) is 5.75 Å². The van der Waals surface area contributed by atoms with Crippen LogP contribution in [0, 0.1) is 11.9 Å². The van der Waals surface area contributed by atoms with E-state index < -0.39 is 34.2 Å². The molecule has 2 N–H and O–H groups in total. The molecule has 2 aromatic heterocycles. The number of hydrogen-bond acceptors (Lipinski definition) is 8. The van der Waals surface area contributed by atoms with Gasteiger partial charge in [0.25, 0.3) is 10.9 Å². The number of halogens is 1. The molecule has 0 saturated carbocycles. The lowest BCUT2D eigenvalue weighted by Crippen LogP contribution is -2.45. The zero-order chi connectivity index (χ0) is 35.3. The summed E-state index contributed by atoms with van der Waals surface area (Å²) in [6, 6.07) is 15.7. The summed E-state index contributed by atoms with van der Waals surface area (Å²) in [6.07, 6.45) is 2.25. The van der Waals surface area contributed by atoms with Crippen molar-refractivity contribution >= 4 is 29.2 Å². The summed E-state index contributed by atoms with van der Waals surface area (Å²) in [5.41, 5.74) is -0.134. The molecule has 10 nitrogen and oxygen atoms in total. The second kappa shape index (κ2) is 15.1. The van der Waals surface area contributed by atoms with E-state index in [1.165, 1.54) is 12.1 Å². The number of benzene rings is 1. The first-order valence-corrected chi connectivity index (χ1v) is 17.4. The number of anilines is 1. The fourth-order valence-corrected chi connectivity index (χ4v) is 6.32. The Balaban J connectivity index is 1.42. The molecule has 1 aliphatic heterocycles. The lowest BCUT2D eigenvalue weighted by atomic mass is 9.91. The summed E-state index contributed by atoms with van der Waals surface area (Å²) >= 11 is -2.12. The molecule has 0 spiro atoms.